The lowest BCUT2D eigenvalue weighted by Crippen LogP contribution is -2.22. The molecule has 0 aliphatic carbocycles. The van der Waals surface area contributed by atoms with E-state index < -0.39 is 28.3 Å². The van der Waals surface area contributed by atoms with Crippen molar-refractivity contribution in [3.8, 4) is 0 Å². The van der Waals surface area contributed by atoms with E-state index in [2.05, 4.69) is 5.32 Å². The fourth-order valence-corrected chi connectivity index (χ4v) is 3.32. The Balaban J connectivity index is 1.63. The molecule has 1 amide bonds. The van der Waals surface area contributed by atoms with Crippen LogP contribution < -0.4 is 10.2 Å². The van der Waals surface area contributed by atoms with Crippen molar-refractivity contribution in [2.75, 3.05) is 29.9 Å². The summed E-state index contributed by atoms with van der Waals surface area (Å²) in [6.45, 7) is 2.41. The average molecular weight is 428 g/mol. The molecule has 31 heavy (non-hydrogen) atoms. The minimum Gasteiger partial charge on any atom is -0.452 e. The third-order valence-corrected chi connectivity index (χ3v) is 4.88. The van der Waals surface area contributed by atoms with Gasteiger partial charge in [-0.2, -0.15) is 0 Å². The van der Waals surface area contributed by atoms with E-state index in [4.69, 9.17) is 4.74 Å². The third kappa shape index (κ3) is 5.13. The molecule has 0 bridgehead atoms. The lowest BCUT2D eigenvalue weighted by Gasteiger charge is -2.17. The number of nitrogens with zero attached hydrogens (tertiary/aromatic N) is 3. The summed E-state index contributed by atoms with van der Waals surface area (Å²) >= 11 is 0. The van der Waals surface area contributed by atoms with Crippen molar-refractivity contribution in [3.63, 3.8) is 0 Å². The Labute approximate surface area is 176 Å². The molecule has 1 heterocycles. The molecular formula is C20H20N4O7. The highest BCUT2D eigenvalue weighted by molar-refractivity contribution is 5.96. The average Bonchev–Trinajstić information content (AvgIpc) is 3.27. The predicted molar refractivity (Wildman–Crippen MR) is 111 cm³/mol. The summed E-state index contributed by atoms with van der Waals surface area (Å²) in [6.07, 6.45) is 1.90. The highest BCUT2D eigenvalue weighted by Crippen LogP contribution is 2.31. The number of esters is 1. The lowest BCUT2D eigenvalue weighted by atomic mass is 10.1. The van der Waals surface area contributed by atoms with Crippen LogP contribution in [0.1, 0.15) is 28.8 Å². The number of ether oxygens (including phenoxy) is 1. The van der Waals surface area contributed by atoms with Crippen LogP contribution in [0.25, 0.3) is 0 Å². The van der Waals surface area contributed by atoms with E-state index in [9.17, 15) is 29.8 Å². The molecule has 1 aliphatic heterocycles. The Kier molecular flexibility index (Phi) is 6.43. The molecule has 0 aromatic heterocycles. The molecule has 3 rings (SSSR count). The van der Waals surface area contributed by atoms with Crippen LogP contribution >= 0.6 is 0 Å². The molecule has 162 valence electrons. The van der Waals surface area contributed by atoms with Gasteiger partial charge in [0.1, 0.15) is 5.69 Å². The summed E-state index contributed by atoms with van der Waals surface area (Å²) in [5, 5.41) is 24.7. The van der Waals surface area contributed by atoms with E-state index in [0.717, 1.165) is 18.9 Å². The van der Waals surface area contributed by atoms with Crippen molar-refractivity contribution in [2.45, 2.75) is 19.8 Å². The maximum absolute atomic E-state index is 12.3. The van der Waals surface area contributed by atoms with Gasteiger partial charge >= 0.3 is 5.97 Å². The van der Waals surface area contributed by atoms with E-state index >= 15 is 0 Å². The molecule has 2 aromatic rings. The molecule has 0 unspecified atom stereocenters. The Hall–Kier alpha value is -4.02. The largest absolute Gasteiger partial charge is 0.452 e. The van der Waals surface area contributed by atoms with E-state index in [-0.39, 0.29) is 16.9 Å². The van der Waals surface area contributed by atoms with Crippen molar-refractivity contribution in [1.29, 1.82) is 0 Å². The maximum atomic E-state index is 12.3. The van der Waals surface area contributed by atoms with Crippen LogP contribution in [0.15, 0.2) is 36.4 Å². The molecule has 0 radical (unpaired) electrons. The summed E-state index contributed by atoms with van der Waals surface area (Å²) < 4.78 is 4.97. The summed E-state index contributed by atoms with van der Waals surface area (Å²) in [5.41, 5.74) is 0.932. The van der Waals surface area contributed by atoms with Crippen LogP contribution in [0.4, 0.5) is 22.7 Å². The van der Waals surface area contributed by atoms with Crippen LogP contribution in [0, 0.1) is 27.2 Å². The van der Waals surface area contributed by atoms with Crippen molar-refractivity contribution in [1.82, 2.24) is 0 Å². The standard InChI is InChI=1S/C20H20N4O7/c1-13-10-15(23(27)28)5-6-16(13)21-19(25)12-31-20(26)14-4-7-17(18(11-14)24(29)30)22-8-2-3-9-22/h4-7,10-11H,2-3,8-9,12H2,1H3,(H,21,25). The zero-order valence-corrected chi connectivity index (χ0v) is 16.7. The quantitative estimate of drug-likeness (QED) is 0.402. The Morgan fingerprint density at radius 3 is 2.39 bits per heavy atom. The molecular weight excluding hydrogens is 408 g/mol. The predicted octanol–water partition coefficient (Wildman–Crippen LogP) is 3.21. The van der Waals surface area contributed by atoms with Gasteiger partial charge in [0.2, 0.25) is 0 Å². The van der Waals surface area contributed by atoms with Gasteiger partial charge in [-0.25, -0.2) is 4.79 Å². The Bertz CT molecular complexity index is 1050. The fraction of sp³-hybridized carbons (Fsp3) is 0.300. The van der Waals surface area contributed by atoms with E-state index in [1.807, 2.05) is 4.90 Å². The lowest BCUT2D eigenvalue weighted by molar-refractivity contribution is -0.384. The second kappa shape index (κ2) is 9.20. The number of amides is 1. The Morgan fingerprint density at radius 2 is 1.77 bits per heavy atom. The molecule has 0 atom stereocenters. The molecule has 11 nitrogen and oxygen atoms in total. The van der Waals surface area contributed by atoms with Crippen molar-refractivity contribution in [3.05, 3.63) is 67.8 Å². The summed E-state index contributed by atoms with van der Waals surface area (Å²) in [4.78, 5) is 47.4. The van der Waals surface area contributed by atoms with E-state index in [1.165, 1.54) is 30.3 Å². The number of nitro groups is 2. The number of nitro benzene ring substituents is 2. The van der Waals surface area contributed by atoms with Gasteiger partial charge in [-0.15, -0.1) is 0 Å². The SMILES string of the molecule is Cc1cc([N+](=O)[O-])ccc1NC(=O)COC(=O)c1ccc(N2CCCC2)c([N+](=O)[O-])c1. The number of nitrogens with one attached hydrogen (secondary N) is 1. The van der Waals surface area contributed by atoms with E-state index in [1.54, 1.807) is 6.92 Å². The summed E-state index contributed by atoms with van der Waals surface area (Å²) in [5.74, 6) is -1.51. The first-order valence-corrected chi connectivity index (χ1v) is 9.51. The minimum atomic E-state index is -0.869. The van der Waals surface area contributed by atoms with Gasteiger partial charge in [0.05, 0.1) is 15.4 Å². The zero-order valence-electron chi connectivity index (χ0n) is 16.7. The number of benzene rings is 2. The molecule has 11 heteroatoms. The molecule has 2 aromatic carbocycles. The number of carbonyl (C=O) groups excluding carboxylic acids is 2. The van der Waals surface area contributed by atoms with Crippen molar-refractivity contribution < 1.29 is 24.2 Å². The number of hydrogen-bond donors (Lipinski definition) is 1. The molecule has 0 saturated carbocycles. The van der Waals surface area contributed by atoms with Crippen LogP contribution in [0.5, 0.6) is 0 Å². The Morgan fingerprint density at radius 1 is 1.06 bits per heavy atom. The second-order valence-corrected chi connectivity index (χ2v) is 7.04. The highest BCUT2D eigenvalue weighted by Gasteiger charge is 2.24. The minimum absolute atomic E-state index is 0.0334. The molecule has 0 spiro atoms. The van der Waals surface area contributed by atoms with Crippen LogP contribution in [0.3, 0.4) is 0 Å². The third-order valence-electron chi connectivity index (χ3n) is 4.88. The first-order valence-electron chi connectivity index (χ1n) is 9.51. The van der Waals surface area contributed by atoms with Gasteiger partial charge in [0.15, 0.2) is 6.61 Å². The van der Waals surface area contributed by atoms with Crippen molar-refractivity contribution >= 4 is 34.6 Å². The topological polar surface area (TPSA) is 145 Å². The second-order valence-electron chi connectivity index (χ2n) is 7.04. The van der Waals surface area contributed by atoms with Gasteiger partial charge < -0.3 is 15.0 Å². The fourth-order valence-electron chi connectivity index (χ4n) is 3.32. The number of rotatable bonds is 7. The van der Waals surface area contributed by atoms with E-state index in [0.29, 0.717) is 30.0 Å². The van der Waals surface area contributed by atoms with Gasteiger partial charge in [0, 0.05) is 37.0 Å². The van der Waals surface area contributed by atoms with Crippen LogP contribution in [-0.2, 0) is 9.53 Å². The first kappa shape index (κ1) is 21.7. The number of hydrogen-bond acceptors (Lipinski definition) is 8. The maximum Gasteiger partial charge on any atom is 0.338 e. The molecule has 1 saturated heterocycles. The summed E-state index contributed by atoms with van der Waals surface area (Å²) in [6, 6.07) is 8.03. The van der Waals surface area contributed by atoms with Gasteiger partial charge in [-0.1, -0.05) is 0 Å². The smallest absolute Gasteiger partial charge is 0.338 e. The first-order chi connectivity index (χ1) is 14.8. The van der Waals surface area contributed by atoms with Gasteiger partial charge in [-0.3, -0.25) is 25.0 Å². The van der Waals surface area contributed by atoms with Crippen molar-refractivity contribution in [2.24, 2.45) is 0 Å². The number of non-ortho nitro benzene ring substituents is 1. The zero-order chi connectivity index (χ0) is 22.5. The number of anilines is 2. The molecule has 1 N–H and O–H groups in total. The number of aryl methyl sites for hydroxylation is 1. The normalized spacial score (nSPS) is 13.0. The molecule has 1 aliphatic rings. The summed E-state index contributed by atoms with van der Waals surface area (Å²) in [7, 11) is 0. The van der Waals surface area contributed by atoms with Crippen LogP contribution in [-0.4, -0.2) is 41.4 Å². The monoisotopic (exact) mass is 428 g/mol. The van der Waals surface area contributed by atoms with Gasteiger partial charge in [0.25, 0.3) is 17.3 Å². The van der Waals surface area contributed by atoms with Gasteiger partial charge in [-0.05, 0) is 43.5 Å². The number of carbonyl (C=O) groups is 2. The highest BCUT2D eigenvalue weighted by atomic mass is 16.6. The van der Waals surface area contributed by atoms with Crippen LogP contribution in [0.2, 0.25) is 0 Å². The molecule has 1 fully saturated rings.